The van der Waals surface area contributed by atoms with Crippen molar-refractivity contribution in [3.8, 4) is 5.75 Å². The van der Waals surface area contributed by atoms with Gasteiger partial charge in [0.25, 0.3) is 15.0 Å². The maximum absolute atomic E-state index is 12.2. The van der Waals surface area contributed by atoms with Crippen LogP contribution in [0.3, 0.4) is 0 Å². The van der Waals surface area contributed by atoms with Gasteiger partial charge in [0, 0.05) is 17.2 Å². The number of halogens is 1. The monoisotopic (exact) mass is 333 g/mol. The first-order valence-corrected chi connectivity index (χ1v) is 8.76. The van der Waals surface area contributed by atoms with Crippen LogP contribution in [0.4, 0.5) is 0 Å². The van der Waals surface area contributed by atoms with E-state index in [1.165, 1.54) is 25.3 Å². The minimum absolute atomic E-state index is 0.0959. The Bertz CT molecular complexity index is 620. The third-order valence-electron chi connectivity index (χ3n) is 2.86. The predicted molar refractivity (Wildman–Crippen MR) is 82.4 cm³/mol. The lowest BCUT2D eigenvalue weighted by Gasteiger charge is -2.18. The summed E-state index contributed by atoms with van der Waals surface area (Å²) in [5, 5.41) is 2.75. The van der Waals surface area contributed by atoms with Crippen molar-refractivity contribution in [1.82, 2.24) is 5.32 Å². The summed E-state index contributed by atoms with van der Waals surface area (Å²) in [6.45, 7) is 6.70. The van der Waals surface area contributed by atoms with Gasteiger partial charge in [-0.2, -0.15) is 0 Å². The molecule has 0 saturated carbocycles. The Morgan fingerprint density at radius 1 is 1.33 bits per heavy atom. The number of methoxy groups -OCH3 is 1. The van der Waals surface area contributed by atoms with Gasteiger partial charge in [-0.3, -0.25) is 4.79 Å². The van der Waals surface area contributed by atoms with Crippen molar-refractivity contribution in [2.75, 3.05) is 13.7 Å². The molecule has 1 aromatic rings. The highest BCUT2D eigenvalue weighted by Gasteiger charge is 2.18. The fourth-order valence-electron chi connectivity index (χ4n) is 1.66. The fourth-order valence-corrected chi connectivity index (χ4v) is 2.44. The summed E-state index contributed by atoms with van der Waals surface area (Å²) in [5.41, 5.74) is 0.242. The van der Waals surface area contributed by atoms with E-state index in [2.05, 4.69) is 26.1 Å². The van der Waals surface area contributed by atoms with Crippen LogP contribution in [0.15, 0.2) is 23.1 Å². The highest BCUT2D eigenvalue weighted by Crippen LogP contribution is 2.24. The Kier molecular flexibility index (Phi) is 5.64. The second kappa shape index (κ2) is 6.66. The van der Waals surface area contributed by atoms with Gasteiger partial charge in [0.05, 0.1) is 17.6 Å². The van der Waals surface area contributed by atoms with Crippen molar-refractivity contribution in [3.63, 3.8) is 0 Å². The van der Waals surface area contributed by atoms with Crippen LogP contribution in [0.5, 0.6) is 5.75 Å². The zero-order valence-corrected chi connectivity index (χ0v) is 14.1. The van der Waals surface area contributed by atoms with Crippen molar-refractivity contribution in [1.29, 1.82) is 0 Å². The maximum atomic E-state index is 12.2. The van der Waals surface area contributed by atoms with Gasteiger partial charge in [-0.1, -0.05) is 20.8 Å². The molecule has 21 heavy (non-hydrogen) atoms. The van der Waals surface area contributed by atoms with E-state index in [1.807, 2.05) is 0 Å². The molecule has 1 N–H and O–H groups in total. The number of rotatable bonds is 5. The van der Waals surface area contributed by atoms with Crippen molar-refractivity contribution in [2.45, 2.75) is 32.1 Å². The zero-order valence-electron chi connectivity index (χ0n) is 12.6. The summed E-state index contributed by atoms with van der Waals surface area (Å²) in [4.78, 5) is 12.0. The van der Waals surface area contributed by atoms with E-state index in [-0.39, 0.29) is 15.9 Å². The minimum Gasteiger partial charge on any atom is -0.496 e. The summed E-state index contributed by atoms with van der Waals surface area (Å²) < 4.78 is 27.8. The van der Waals surface area contributed by atoms with Crippen molar-refractivity contribution in [2.24, 2.45) is 5.41 Å². The number of amides is 1. The summed E-state index contributed by atoms with van der Waals surface area (Å²) in [5.74, 6) is -0.0920. The third-order valence-corrected chi connectivity index (χ3v) is 4.21. The zero-order chi connectivity index (χ0) is 16.3. The van der Waals surface area contributed by atoms with Gasteiger partial charge >= 0.3 is 0 Å². The van der Waals surface area contributed by atoms with Gasteiger partial charge in [0.15, 0.2) is 0 Å². The van der Waals surface area contributed by atoms with Crippen LogP contribution in [-0.4, -0.2) is 28.0 Å². The molecule has 1 aromatic carbocycles. The van der Waals surface area contributed by atoms with Gasteiger partial charge < -0.3 is 10.1 Å². The topological polar surface area (TPSA) is 72.5 Å². The van der Waals surface area contributed by atoms with Crippen LogP contribution in [0.1, 0.15) is 37.6 Å². The van der Waals surface area contributed by atoms with E-state index in [9.17, 15) is 13.2 Å². The average Bonchev–Trinajstić information content (AvgIpc) is 2.35. The van der Waals surface area contributed by atoms with E-state index in [0.29, 0.717) is 12.3 Å². The van der Waals surface area contributed by atoms with Gasteiger partial charge in [0.1, 0.15) is 5.75 Å². The van der Waals surface area contributed by atoms with Crippen molar-refractivity contribution >= 4 is 25.6 Å². The van der Waals surface area contributed by atoms with Crippen LogP contribution >= 0.6 is 10.7 Å². The van der Waals surface area contributed by atoms with E-state index in [0.717, 1.165) is 6.42 Å². The first kappa shape index (κ1) is 17.8. The largest absolute Gasteiger partial charge is 0.496 e. The Morgan fingerprint density at radius 3 is 2.43 bits per heavy atom. The number of benzene rings is 1. The molecule has 118 valence electrons. The van der Waals surface area contributed by atoms with Gasteiger partial charge in [-0.05, 0) is 30.0 Å². The summed E-state index contributed by atoms with van der Waals surface area (Å²) in [6, 6.07) is 3.93. The first-order chi connectivity index (χ1) is 9.54. The molecule has 0 fully saturated rings. The maximum Gasteiger partial charge on any atom is 0.261 e. The van der Waals surface area contributed by atoms with Gasteiger partial charge in [-0.25, -0.2) is 8.42 Å². The molecule has 1 rings (SSSR count). The minimum atomic E-state index is -3.89. The second-order valence-corrected chi connectivity index (χ2v) is 8.43. The molecule has 0 saturated heterocycles. The third kappa shape index (κ3) is 5.55. The fraction of sp³-hybridized carbons (Fsp3) is 0.500. The van der Waals surface area contributed by atoms with Crippen LogP contribution in [0.2, 0.25) is 0 Å². The standard InChI is InChI=1S/C14H20ClNO4S/c1-14(2,3)7-8-16-13(17)11-9-10(21(15,18)19)5-6-12(11)20-4/h5-6,9H,7-8H2,1-4H3,(H,16,17). The van der Waals surface area contributed by atoms with Crippen LogP contribution in [0.25, 0.3) is 0 Å². The SMILES string of the molecule is COc1ccc(S(=O)(=O)Cl)cc1C(=O)NCCC(C)(C)C. The van der Waals surface area contributed by atoms with E-state index in [1.54, 1.807) is 0 Å². The lowest BCUT2D eigenvalue weighted by atomic mass is 9.92. The highest BCUT2D eigenvalue weighted by molar-refractivity contribution is 8.13. The molecule has 0 spiro atoms. The molecule has 0 aliphatic rings. The van der Waals surface area contributed by atoms with Crippen LogP contribution in [0, 0.1) is 5.41 Å². The Balaban J connectivity index is 2.96. The van der Waals surface area contributed by atoms with E-state index < -0.39 is 15.0 Å². The molecule has 0 aliphatic heterocycles. The highest BCUT2D eigenvalue weighted by atomic mass is 35.7. The van der Waals surface area contributed by atoms with E-state index in [4.69, 9.17) is 15.4 Å². The molecule has 0 aromatic heterocycles. The number of carbonyl (C=O) groups excluding carboxylic acids is 1. The number of hydrogen-bond donors (Lipinski definition) is 1. The van der Waals surface area contributed by atoms with Crippen LogP contribution in [-0.2, 0) is 9.05 Å². The second-order valence-electron chi connectivity index (χ2n) is 5.87. The Morgan fingerprint density at radius 2 is 1.95 bits per heavy atom. The normalized spacial score (nSPS) is 12.0. The molecule has 0 unspecified atom stereocenters. The number of nitrogens with one attached hydrogen (secondary N) is 1. The van der Waals surface area contributed by atoms with E-state index >= 15 is 0 Å². The molecular formula is C14H20ClNO4S. The van der Waals surface area contributed by atoms with Crippen molar-refractivity contribution in [3.05, 3.63) is 23.8 Å². The molecule has 0 atom stereocenters. The molecule has 0 aliphatic carbocycles. The Hall–Kier alpha value is -1.27. The first-order valence-electron chi connectivity index (χ1n) is 6.45. The average molecular weight is 334 g/mol. The summed E-state index contributed by atoms with van der Waals surface area (Å²) in [7, 11) is 2.82. The number of carbonyl (C=O) groups is 1. The van der Waals surface area contributed by atoms with Crippen LogP contribution < -0.4 is 10.1 Å². The Labute approximate surface area is 130 Å². The molecule has 0 heterocycles. The molecular weight excluding hydrogens is 314 g/mol. The molecule has 0 radical (unpaired) electrons. The van der Waals surface area contributed by atoms with Gasteiger partial charge in [0.2, 0.25) is 0 Å². The molecule has 0 bridgehead atoms. The molecule has 7 heteroatoms. The van der Waals surface area contributed by atoms with Crippen molar-refractivity contribution < 1.29 is 17.9 Å². The molecule has 1 amide bonds. The summed E-state index contributed by atoms with van der Waals surface area (Å²) >= 11 is 0. The summed E-state index contributed by atoms with van der Waals surface area (Å²) in [6.07, 6.45) is 0.800. The lowest BCUT2D eigenvalue weighted by molar-refractivity contribution is 0.0946. The van der Waals surface area contributed by atoms with Gasteiger partial charge in [-0.15, -0.1) is 0 Å². The predicted octanol–water partition coefficient (Wildman–Crippen LogP) is 2.79. The number of ether oxygens (including phenoxy) is 1. The quantitative estimate of drug-likeness (QED) is 0.841. The smallest absolute Gasteiger partial charge is 0.261 e. The number of hydrogen-bond acceptors (Lipinski definition) is 4. The lowest BCUT2D eigenvalue weighted by Crippen LogP contribution is -2.27. The molecule has 5 nitrogen and oxygen atoms in total.